The molecule has 1 amide bonds. The average Bonchev–Trinajstić information content (AvgIpc) is 3.26. The maximum Gasteiger partial charge on any atom is 0.235 e. The van der Waals surface area contributed by atoms with E-state index in [1.807, 2.05) is 19.0 Å². The van der Waals surface area contributed by atoms with Crippen LogP contribution in [0, 0.1) is 23.7 Å². The first kappa shape index (κ1) is 27.4. The maximum atomic E-state index is 14.1. The number of nitrogens with two attached hydrogens (primary N) is 1. The first-order chi connectivity index (χ1) is 18.1. The van der Waals surface area contributed by atoms with Gasteiger partial charge in [-0.05, 0) is 57.8 Å². The van der Waals surface area contributed by atoms with Crippen LogP contribution in [0.1, 0.15) is 47.3 Å². The molecular weight excluding hydrogens is 504 g/mol. The van der Waals surface area contributed by atoms with Crippen molar-refractivity contribution in [3.63, 3.8) is 0 Å². The molecule has 0 saturated heterocycles. The first-order valence-corrected chi connectivity index (χ1v) is 13.3. The molecule has 0 radical (unpaired) electrons. The van der Waals surface area contributed by atoms with Gasteiger partial charge in [-0.25, -0.2) is 0 Å². The predicted octanol–water partition coefficient (Wildman–Crippen LogP) is -0.343. The highest BCUT2D eigenvalue weighted by Gasteiger charge is 2.69. The topological polar surface area (TPSA) is 162 Å². The van der Waals surface area contributed by atoms with Gasteiger partial charge in [0.05, 0.1) is 17.5 Å². The fourth-order valence-electron chi connectivity index (χ4n) is 7.53. The molecule has 0 spiro atoms. The normalized spacial score (nSPS) is 32.3. The van der Waals surface area contributed by atoms with Crippen LogP contribution in [0.5, 0.6) is 5.75 Å². The van der Waals surface area contributed by atoms with E-state index in [-0.39, 0.29) is 30.2 Å². The number of anilines is 1. The molecule has 6 atom stereocenters. The summed E-state index contributed by atoms with van der Waals surface area (Å²) in [6, 6.07) is -0.918. The van der Waals surface area contributed by atoms with Crippen molar-refractivity contribution < 1.29 is 34.2 Å². The van der Waals surface area contributed by atoms with Crippen LogP contribution in [0.15, 0.2) is 0 Å². The molecule has 210 valence electrons. The molecule has 11 heteroatoms. The third-order valence-electron chi connectivity index (χ3n) is 9.31. The number of aromatic hydroxyl groups is 1. The number of amides is 1. The zero-order valence-corrected chi connectivity index (χ0v) is 23.1. The summed E-state index contributed by atoms with van der Waals surface area (Å²) in [5.41, 5.74) is 5.75. The van der Waals surface area contributed by atoms with Crippen LogP contribution in [-0.2, 0) is 38.7 Å². The number of hydrogen-bond acceptors (Lipinski definition) is 10. The van der Waals surface area contributed by atoms with E-state index in [4.69, 9.17) is 5.73 Å². The second-order valence-corrected chi connectivity index (χ2v) is 12.2. The number of aliphatic hydroxyl groups is 1. The van der Waals surface area contributed by atoms with Gasteiger partial charge in [-0.1, -0.05) is 0 Å². The van der Waals surface area contributed by atoms with Crippen molar-refractivity contribution in [3.05, 3.63) is 22.3 Å². The van der Waals surface area contributed by atoms with Crippen molar-refractivity contribution in [3.8, 4) is 5.75 Å². The Morgan fingerprint density at radius 3 is 2.18 bits per heavy atom. The largest absolute Gasteiger partial charge is 0.507 e. The number of likely N-dealkylation sites (N-methyl/N-ethyl adjacent to an activating group) is 1. The predicted molar refractivity (Wildman–Crippen MR) is 140 cm³/mol. The second-order valence-electron chi connectivity index (χ2n) is 12.2. The van der Waals surface area contributed by atoms with Gasteiger partial charge in [-0.15, -0.1) is 0 Å². The van der Waals surface area contributed by atoms with Crippen molar-refractivity contribution in [2.24, 2.45) is 29.4 Å². The number of phenols is 1. The van der Waals surface area contributed by atoms with Gasteiger partial charge in [0.2, 0.25) is 5.91 Å². The Hall–Kier alpha value is -3.15. The number of carbonyl (C=O) groups excluding carboxylic acids is 5. The Morgan fingerprint density at radius 1 is 1.03 bits per heavy atom. The summed E-state index contributed by atoms with van der Waals surface area (Å²) in [5.74, 6) is -10.2. The van der Waals surface area contributed by atoms with E-state index in [1.54, 1.807) is 14.1 Å². The molecule has 2 saturated carbocycles. The zero-order valence-electron chi connectivity index (χ0n) is 23.1. The number of hydrogen-bond donors (Lipinski definition) is 3. The number of rotatable bonds is 4. The molecule has 1 heterocycles. The summed E-state index contributed by atoms with van der Waals surface area (Å²) in [4.78, 5) is 72.5. The molecular formula is C28H36N4O7. The van der Waals surface area contributed by atoms with Crippen LogP contribution in [0.3, 0.4) is 0 Å². The van der Waals surface area contributed by atoms with E-state index in [1.165, 1.54) is 4.90 Å². The fourth-order valence-corrected chi connectivity index (χ4v) is 7.53. The molecule has 2 unspecified atom stereocenters. The summed E-state index contributed by atoms with van der Waals surface area (Å²) in [6.07, 6.45) is 0.286. The number of fused-ring (bicyclic) bond motifs is 4. The summed E-state index contributed by atoms with van der Waals surface area (Å²) in [6.45, 7) is 5.15. The number of phenolic OH excluding ortho intramolecular Hbond substituents is 1. The Kier molecular flexibility index (Phi) is 6.28. The molecule has 0 aromatic heterocycles. The lowest BCUT2D eigenvalue weighted by Crippen LogP contribution is -2.74. The number of Topliss-reactive ketones (excluding diaryl/α,β-unsaturated/α-hetero) is 4. The number of nitrogens with zero attached hydrogens (tertiary/aromatic N) is 3. The van der Waals surface area contributed by atoms with Crippen LogP contribution in [0.25, 0.3) is 0 Å². The number of ketones is 4. The lowest BCUT2D eigenvalue weighted by atomic mass is 9.52. The van der Waals surface area contributed by atoms with Crippen molar-refractivity contribution in [1.82, 2.24) is 9.80 Å². The fraction of sp³-hybridized carbons (Fsp3) is 0.607. The smallest absolute Gasteiger partial charge is 0.235 e. The summed E-state index contributed by atoms with van der Waals surface area (Å²) >= 11 is 0. The molecule has 4 N–H and O–H groups in total. The zero-order chi connectivity index (χ0) is 28.9. The molecule has 5 rings (SSSR count). The summed E-state index contributed by atoms with van der Waals surface area (Å²) < 4.78 is 0. The molecule has 11 nitrogen and oxygen atoms in total. The maximum absolute atomic E-state index is 14.1. The lowest BCUT2D eigenvalue weighted by molar-refractivity contribution is -0.181. The van der Waals surface area contributed by atoms with Gasteiger partial charge in [-0.2, -0.15) is 0 Å². The third kappa shape index (κ3) is 3.56. The Bertz CT molecular complexity index is 1340. The number of benzene rings is 1. The van der Waals surface area contributed by atoms with Crippen LogP contribution in [0.4, 0.5) is 5.69 Å². The van der Waals surface area contributed by atoms with Gasteiger partial charge >= 0.3 is 0 Å². The number of primary amides is 1. The van der Waals surface area contributed by atoms with Crippen molar-refractivity contribution in [1.29, 1.82) is 0 Å². The van der Waals surface area contributed by atoms with Crippen LogP contribution in [0.2, 0.25) is 0 Å². The van der Waals surface area contributed by atoms with Gasteiger partial charge in [-0.3, -0.25) is 33.8 Å². The highest BCUT2D eigenvalue weighted by atomic mass is 16.3. The van der Waals surface area contributed by atoms with E-state index >= 15 is 0 Å². The number of carbonyl (C=O) groups is 5. The minimum atomic E-state index is -2.72. The lowest BCUT2D eigenvalue weighted by Gasteiger charge is -2.52. The molecule has 1 aromatic rings. The Labute approximate surface area is 226 Å². The van der Waals surface area contributed by atoms with Gasteiger partial charge in [0.15, 0.2) is 34.7 Å². The molecule has 3 aliphatic carbocycles. The van der Waals surface area contributed by atoms with E-state index in [0.29, 0.717) is 24.2 Å². The van der Waals surface area contributed by atoms with Gasteiger partial charge in [0.25, 0.3) is 0 Å². The van der Waals surface area contributed by atoms with E-state index in [0.717, 1.165) is 11.3 Å². The van der Waals surface area contributed by atoms with Crippen LogP contribution >= 0.6 is 0 Å². The van der Waals surface area contributed by atoms with Gasteiger partial charge < -0.3 is 20.8 Å². The first-order valence-electron chi connectivity index (χ1n) is 13.3. The molecule has 1 aromatic carbocycles. The average molecular weight is 541 g/mol. The second kappa shape index (κ2) is 8.94. The highest BCUT2D eigenvalue weighted by Crippen LogP contribution is 2.54. The molecule has 4 aliphatic rings. The Morgan fingerprint density at radius 2 is 1.64 bits per heavy atom. The van der Waals surface area contributed by atoms with E-state index in [9.17, 15) is 34.2 Å². The minimum absolute atomic E-state index is 0.0345. The molecule has 2 fully saturated rings. The quantitative estimate of drug-likeness (QED) is 0.431. The molecule has 1 aliphatic heterocycles. The highest BCUT2D eigenvalue weighted by molar-refractivity contribution is 6.32. The van der Waals surface area contributed by atoms with Crippen LogP contribution in [-0.4, -0.2) is 94.9 Å². The summed E-state index contributed by atoms with van der Waals surface area (Å²) in [7, 11) is 6.88. The van der Waals surface area contributed by atoms with Gasteiger partial charge in [0, 0.05) is 50.4 Å². The standard InChI is InChI=1S/C28H36N4O7/c1-11(2)32-9-14-15(10-32)22(33)18-13(20(14)30(3)4)7-12-8-16-21(31(5)6)24(35)19(27(29)38)26(37)28(16,39)25(36)17(12)23(18)34/h11-12,16-17,19,21,33,39H,7-10H2,1-6H3,(H2,29,38)/t12-,16-,17?,19?,21-,28-/m0/s1. The SMILES string of the molecule is CC(C)N1Cc2c(O)c3c(c(N(C)C)c2C1)C[C@H]1C[C@H]2[C@H](N(C)C)C(=O)C(C(N)=O)C(=O)[C@@]2(O)C(=O)C1C3=O. The Balaban J connectivity index is 1.68. The van der Waals surface area contributed by atoms with E-state index in [2.05, 4.69) is 18.7 Å². The minimum Gasteiger partial charge on any atom is -0.507 e. The van der Waals surface area contributed by atoms with Gasteiger partial charge in [0.1, 0.15) is 5.75 Å². The van der Waals surface area contributed by atoms with Crippen LogP contribution < -0.4 is 10.6 Å². The summed E-state index contributed by atoms with van der Waals surface area (Å²) in [5, 5.41) is 23.1. The molecule has 39 heavy (non-hydrogen) atoms. The van der Waals surface area contributed by atoms with Crippen molar-refractivity contribution in [2.45, 2.75) is 57.5 Å². The van der Waals surface area contributed by atoms with E-state index < -0.39 is 64.4 Å². The van der Waals surface area contributed by atoms with Crippen molar-refractivity contribution >= 4 is 34.7 Å². The third-order valence-corrected chi connectivity index (χ3v) is 9.31. The van der Waals surface area contributed by atoms with Crippen molar-refractivity contribution in [2.75, 3.05) is 33.1 Å². The monoisotopic (exact) mass is 540 g/mol. The molecule has 0 bridgehead atoms.